The van der Waals surface area contributed by atoms with Crippen LogP contribution in [0, 0.1) is 0 Å². The number of rotatable bonds is 6. The number of amides is 1. The van der Waals surface area contributed by atoms with Gasteiger partial charge in [-0.3, -0.25) is 9.59 Å². The third-order valence-electron chi connectivity index (χ3n) is 3.35. The Bertz CT molecular complexity index is 615. The van der Waals surface area contributed by atoms with Crippen molar-refractivity contribution in [3.63, 3.8) is 0 Å². The van der Waals surface area contributed by atoms with E-state index in [4.69, 9.17) is 9.84 Å². The smallest absolute Gasteiger partial charge is 0.422 e. The van der Waals surface area contributed by atoms with Gasteiger partial charge in [0.05, 0.1) is 18.6 Å². The van der Waals surface area contributed by atoms with Gasteiger partial charge in [0.1, 0.15) is 0 Å². The highest BCUT2D eigenvalue weighted by Crippen LogP contribution is 2.24. The minimum absolute atomic E-state index is 0.0128. The number of hydrogen-bond acceptors (Lipinski definition) is 5. The highest BCUT2D eigenvalue weighted by Gasteiger charge is 2.39. The zero-order valence-electron chi connectivity index (χ0n) is 12.4. The number of carboxylic acid groups (broad SMARTS) is 1. The fraction of sp³-hybridized carbons (Fsp3) is 0.500. The summed E-state index contributed by atoms with van der Waals surface area (Å²) in [5, 5.41) is 11.6. The maximum atomic E-state index is 12.3. The van der Waals surface area contributed by atoms with E-state index in [1.807, 2.05) is 0 Å². The Morgan fingerprint density at radius 1 is 1.46 bits per heavy atom. The van der Waals surface area contributed by atoms with E-state index in [0.29, 0.717) is 13.0 Å². The Hall–Kier alpha value is -2.36. The molecule has 0 bridgehead atoms. The molecule has 1 aromatic heterocycles. The maximum absolute atomic E-state index is 12.3. The van der Waals surface area contributed by atoms with Gasteiger partial charge < -0.3 is 19.9 Å². The fourth-order valence-electron chi connectivity index (χ4n) is 2.28. The number of alkyl halides is 3. The monoisotopic (exact) mass is 348 g/mol. The van der Waals surface area contributed by atoms with Gasteiger partial charge in [-0.25, -0.2) is 4.98 Å². The van der Waals surface area contributed by atoms with Crippen molar-refractivity contribution < 1.29 is 37.3 Å². The van der Waals surface area contributed by atoms with E-state index in [-0.39, 0.29) is 24.5 Å². The molecule has 1 saturated heterocycles. The largest absolute Gasteiger partial charge is 0.481 e. The molecule has 2 N–H and O–H groups in total. The maximum Gasteiger partial charge on any atom is 0.422 e. The lowest BCUT2D eigenvalue weighted by Gasteiger charge is -2.27. The zero-order chi connectivity index (χ0) is 17.8. The number of pyridine rings is 1. The van der Waals surface area contributed by atoms with E-state index in [2.05, 4.69) is 15.0 Å². The number of hydrogen-bond donors (Lipinski definition) is 2. The standard InChI is InChI=1S/C14H15F3N2O5/c15-14(16,17)8-24-10-5-9(1-3-18-10)12(22)19-13(6-11(20)21)2-4-23-7-13/h1,3,5H,2,4,6-8H2,(H,19,22)(H,20,21). The average molecular weight is 348 g/mol. The molecule has 2 heterocycles. The van der Waals surface area contributed by atoms with Crippen molar-refractivity contribution in [1.82, 2.24) is 10.3 Å². The number of aromatic nitrogens is 1. The summed E-state index contributed by atoms with van der Waals surface area (Å²) in [6, 6.07) is 2.35. The molecule has 7 nitrogen and oxygen atoms in total. The molecule has 0 spiro atoms. The van der Waals surface area contributed by atoms with E-state index >= 15 is 0 Å². The average Bonchev–Trinajstić information content (AvgIpc) is 2.92. The van der Waals surface area contributed by atoms with Crippen LogP contribution >= 0.6 is 0 Å². The summed E-state index contributed by atoms with van der Waals surface area (Å²) in [6.45, 7) is -1.17. The quantitative estimate of drug-likeness (QED) is 0.806. The third kappa shape index (κ3) is 5.08. The summed E-state index contributed by atoms with van der Waals surface area (Å²) in [5.41, 5.74) is -1.03. The van der Waals surface area contributed by atoms with Crippen molar-refractivity contribution >= 4 is 11.9 Å². The first-order chi connectivity index (χ1) is 11.2. The molecule has 1 aliphatic rings. The Morgan fingerprint density at radius 2 is 2.21 bits per heavy atom. The molecule has 0 aliphatic carbocycles. The molecule has 1 aromatic rings. The van der Waals surface area contributed by atoms with Gasteiger partial charge in [-0.15, -0.1) is 0 Å². The molecule has 132 valence electrons. The number of nitrogens with zero attached hydrogens (tertiary/aromatic N) is 1. The second-order valence-corrected chi connectivity index (χ2v) is 5.39. The second kappa shape index (κ2) is 7.04. The number of aliphatic carboxylic acids is 1. The lowest BCUT2D eigenvalue weighted by Crippen LogP contribution is -2.50. The van der Waals surface area contributed by atoms with Gasteiger partial charge in [-0.2, -0.15) is 13.2 Å². The first-order valence-electron chi connectivity index (χ1n) is 6.97. The summed E-state index contributed by atoms with van der Waals surface area (Å²) in [6.07, 6.45) is -3.38. The van der Waals surface area contributed by atoms with E-state index in [1.54, 1.807) is 0 Å². The fourth-order valence-corrected chi connectivity index (χ4v) is 2.28. The van der Waals surface area contributed by atoms with Crippen LogP contribution in [-0.2, 0) is 9.53 Å². The van der Waals surface area contributed by atoms with Crippen molar-refractivity contribution in [1.29, 1.82) is 0 Å². The van der Waals surface area contributed by atoms with Crippen LogP contribution in [0.3, 0.4) is 0 Å². The van der Waals surface area contributed by atoms with Crippen LogP contribution < -0.4 is 10.1 Å². The summed E-state index contributed by atoms with van der Waals surface area (Å²) in [7, 11) is 0. The summed E-state index contributed by atoms with van der Waals surface area (Å²) in [4.78, 5) is 26.8. The minimum Gasteiger partial charge on any atom is -0.481 e. The molecule has 0 aromatic carbocycles. The van der Waals surface area contributed by atoms with E-state index in [9.17, 15) is 22.8 Å². The molecule has 1 aliphatic heterocycles. The highest BCUT2D eigenvalue weighted by molar-refractivity contribution is 5.95. The van der Waals surface area contributed by atoms with Crippen molar-refractivity contribution in [2.45, 2.75) is 24.6 Å². The first-order valence-corrected chi connectivity index (χ1v) is 6.97. The molecule has 0 saturated carbocycles. The van der Waals surface area contributed by atoms with Gasteiger partial charge in [-0.05, 0) is 12.5 Å². The number of carbonyl (C=O) groups excluding carboxylic acids is 1. The van der Waals surface area contributed by atoms with E-state index < -0.39 is 30.2 Å². The minimum atomic E-state index is -4.52. The number of carbonyl (C=O) groups is 2. The van der Waals surface area contributed by atoms with Crippen molar-refractivity contribution in [3.05, 3.63) is 23.9 Å². The number of ether oxygens (including phenoxy) is 2. The molecule has 1 unspecified atom stereocenters. The Kier molecular flexibility index (Phi) is 5.27. The normalized spacial score (nSPS) is 20.6. The predicted octanol–water partition coefficient (Wildman–Crippen LogP) is 1.39. The molecule has 10 heteroatoms. The van der Waals surface area contributed by atoms with Gasteiger partial charge >= 0.3 is 12.1 Å². The number of halogens is 3. The lowest BCUT2D eigenvalue weighted by atomic mass is 9.94. The van der Waals surface area contributed by atoms with E-state index in [1.165, 1.54) is 6.07 Å². The lowest BCUT2D eigenvalue weighted by molar-refractivity contribution is -0.154. The predicted molar refractivity (Wildman–Crippen MR) is 73.7 cm³/mol. The SMILES string of the molecule is O=C(O)CC1(NC(=O)c2ccnc(OCC(F)(F)F)c2)CCOC1. The molecule has 0 radical (unpaired) electrons. The summed E-state index contributed by atoms with van der Waals surface area (Å²) in [5.74, 6) is -2.08. The van der Waals surface area contributed by atoms with Crippen LogP contribution in [0.4, 0.5) is 13.2 Å². The number of carboxylic acids is 1. The van der Waals surface area contributed by atoms with Crippen LogP contribution in [0.25, 0.3) is 0 Å². The molecular weight excluding hydrogens is 333 g/mol. The Balaban J connectivity index is 2.07. The van der Waals surface area contributed by atoms with Crippen LogP contribution in [0.1, 0.15) is 23.2 Å². The van der Waals surface area contributed by atoms with Crippen molar-refractivity contribution in [2.75, 3.05) is 19.8 Å². The Morgan fingerprint density at radius 3 is 2.79 bits per heavy atom. The highest BCUT2D eigenvalue weighted by atomic mass is 19.4. The Labute approximate surface area is 134 Å². The van der Waals surface area contributed by atoms with Gasteiger partial charge in [0.25, 0.3) is 5.91 Å². The molecular formula is C14H15F3N2O5. The molecule has 1 atom stereocenters. The van der Waals surface area contributed by atoms with Crippen molar-refractivity contribution in [3.8, 4) is 5.88 Å². The summed E-state index contributed by atoms with van der Waals surface area (Å²) < 4.78 is 46.1. The first kappa shape index (κ1) is 18.0. The third-order valence-corrected chi connectivity index (χ3v) is 3.35. The van der Waals surface area contributed by atoms with E-state index in [0.717, 1.165) is 12.3 Å². The number of nitrogens with one attached hydrogen (secondary N) is 1. The topological polar surface area (TPSA) is 97.8 Å². The van der Waals surface area contributed by atoms with Gasteiger partial charge in [0, 0.05) is 24.4 Å². The second-order valence-electron chi connectivity index (χ2n) is 5.39. The van der Waals surface area contributed by atoms with Crippen LogP contribution in [0.5, 0.6) is 5.88 Å². The van der Waals surface area contributed by atoms with Gasteiger partial charge in [0.2, 0.25) is 5.88 Å². The van der Waals surface area contributed by atoms with Crippen molar-refractivity contribution in [2.24, 2.45) is 0 Å². The van der Waals surface area contributed by atoms with Crippen LogP contribution in [0.15, 0.2) is 18.3 Å². The molecule has 2 rings (SSSR count). The zero-order valence-corrected chi connectivity index (χ0v) is 12.4. The van der Waals surface area contributed by atoms with Gasteiger partial charge in [0.15, 0.2) is 6.61 Å². The molecule has 1 amide bonds. The summed E-state index contributed by atoms with van der Waals surface area (Å²) >= 11 is 0. The van der Waals surface area contributed by atoms with Crippen LogP contribution in [-0.4, -0.2) is 53.5 Å². The molecule has 24 heavy (non-hydrogen) atoms. The molecule has 1 fully saturated rings. The van der Waals surface area contributed by atoms with Crippen LogP contribution in [0.2, 0.25) is 0 Å². The van der Waals surface area contributed by atoms with Gasteiger partial charge in [-0.1, -0.05) is 0 Å².